The van der Waals surface area contributed by atoms with Gasteiger partial charge in [-0.05, 0) is 24.6 Å². The molecule has 74 valence electrons. The van der Waals surface area contributed by atoms with E-state index in [1.54, 1.807) is 13.0 Å². The Bertz CT molecular complexity index is 369. The van der Waals surface area contributed by atoms with Crippen molar-refractivity contribution in [2.24, 2.45) is 5.73 Å². The first-order valence-corrected chi connectivity index (χ1v) is 4.23. The third kappa shape index (κ3) is 2.02. The maximum absolute atomic E-state index is 9.27. The molecule has 0 saturated carbocycles. The van der Waals surface area contributed by atoms with E-state index in [1.807, 2.05) is 6.07 Å². The third-order valence-corrected chi connectivity index (χ3v) is 2.04. The molecule has 2 unspecified atom stereocenters. The van der Waals surface area contributed by atoms with Gasteiger partial charge in [-0.1, -0.05) is 6.07 Å². The molecule has 0 aliphatic heterocycles. The average molecular weight is 192 g/mol. The van der Waals surface area contributed by atoms with Crippen molar-refractivity contribution in [1.29, 1.82) is 5.26 Å². The van der Waals surface area contributed by atoms with Crippen molar-refractivity contribution in [2.75, 3.05) is 0 Å². The molecule has 0 aromatic heterocycles. The zero-order chi connectivity index (χ0) is 10.7. The van der Waals surface area contributed by atoms with E-state index in [1.165, 1.54) is 12.1 Å². The highest BCUT2D eigenvalue weighted by Gasteiger charge is 2.15. The van der Waals surface area contributed by atoms with Crippen molar-refractivity contribution in [1.82, 2.24) is 0 Å². The number of aliphatic hydroxyl groups excluding tert-OH is 1. The molecule has 4 heteroatoms. The molecule has 0 heterocycles. The zero-order valence-electron chi connectivity index (χ0n) is 7.81. The second kappa shape index (κ2) is 4.09. The van der Waals surface area contributed by atoms with Gasteiger partial charge in [0.05, 0.1) is 23.8 Å². The SMILES string of the molecule is CC(O)C(N)c1ccc(O)cc1C#N. The lowest BCUT2D eigenvalue weighted by atomic mass is 9.98. The molecule has 0 bridgehead atoms. The number of phenolic OH excluding ortho intramolecular Hbond substituents is 1. The minimum atomic E-state index is -0.730. The van der Waals surface area contributed by atoms with Gasteiger partial charge in [0.25, 0.3) is 0 Å². The monoisotopic (exact) mass is 192 g/mol. The summed E-state index contributed by atoms with van der Waals surface area (Å²) in [5.41, 5.74) is 6.51. The molecule has 4 N–H and O–H groups in total. The van der Waals surface area contributed by atoms with E-state index in [0.717, 1.165) is 0 Å². The Labute approximate surface area is 82.2 Å². The molecule has 4 nitrogen and oxygen atoms in total. The van der Waals surface area contributed by atoms with Crippen LogP contribution in [-0.4, -0.2) is 16.3 Å². The number of aliphatic hydroxyl groups is 1. The van der Waals surface area contributed by atoms with Gasteiger partial charge in [-0.15, -0.1) is 0 Å². The largest absolute Gasteiger partial charge is 0.508 e. The van der Waals surface area contributed by atoms with Crippen LogP contribution in [0.15, 0.2) is 18.2 Å². The Balaban J connectivity index is 3.16. The first kappa shape index (κ1) is 10.5. The fourth-order valence-corrected chi connectivity index (χ4v) is 1.19. The Morgan fingerprint density at radius 3 is 2.64 bits per heavy atom. The van der Waals surface area contributed by atoms with Crippen molar-refractivity contribution in [3.05, 3.63) is 29.3 Å². The Hall–Kier alpha value is -1.57. The Morgan fingerprint density at radius 1 is 1.50 bits per heavy atom. The molecule has 2 atom stereocenters. The number of nitrogens with two attached hydrogens (primary N) is 1. The van der Waals surface area contributed by atoms with Crippen molar-refractivity contribution in [3.8, 4) is 11.8 Å². The van der Waals surface area contributed by atoms with Gasteiger partial charge >= 0.3 is 0 Å². The number of benzene rings is 1. The summed E-state index contributed by atoms with van der Waals surface area (Å²) in [5, 5.41) is 27.2. The summed E-state index contributed by atoms with van der Waals surface area (Å²) in [4.78, 5) is 0. The predicted octanol–water partition coefficient (Wildman–Crippen LogP) is 0.644. The Kier molecular flexibility index (Phi) is 3.07. The Morgan fingerprint density at radius 2 is 2.14 bits per heavy atom. The van der Waals surface area contributed by atoms with Crippen molar-refractivity contribution in [3.63, 3.8) is 0 Å². The molecular weight excluding hydrogens is 180 g/mol. The number of aromatic hydroxyl groups is 1. The third-order valence-electron chi connectivity index (χ3n) is 2.04. The highest BCUT2D eigenvalue weighted by atomic mass is 16.3. The molecule has 0 aliphatic carbocycles. The quantitative estimate of drug-likeness (QED) is 0.641. The summed E-state index contributed by atoms with van der Waals surface area (Å²) in [6.07, 6.45) is -0.730. The highest BCUT2D eigenvalue weighted by molar-refractivity contribution is 5.44. The van der Waals surface area contributed by atoms with Crippen LogP contribution in [0.4, 0.5) is 0 Å². The van der Waals surface area contributed by atoms with E-state index < -0.39 is 12.1 Å². The van der Waals surface area contributed by atoms with Gasteiger partial charge in [-0.2, -0.15) is 5.26 Å². The van der Waals surface area contributed by atoms with Crippen molar-refractivity contribution >= 4 is 0 Å². The van der Waals surface area contributed by atoms with E-state index in [-0.39, 0.29) is 5.75 Å². The maximum atomic E-state index is 9.27. The highest BCUT2D eigenvalue weighted by Crippen LogP contribution is 2.22. The first-order chi connectivity index (χ1) is 6.56. The average Bonchev–Trinajstić information content (AvgIpc) is 2.16. The summed E-state index contributed by atoms with van der Waals surface area (Å²) < 4.78 is 0. The lowest BCUT2D eigenvalue weighted by Gasteiger charge is -2.16. The fourth-order valence-electron chi connectivity index (χ4n) is 1.19. The van der Waals surface area contributed by atoms with Crippen LogP contribution >= 0.6 is 0 Å². The minimum Gasteiger partial charge on any atom is -0.508 e. The molecule has 0 radical (unpaired) electrons. The van der Waals surface area contributed by atoms with Crippen LogP contribution in [0, 0.1) is 11.3 Å². The molecule has 0 saturated heterocycles. The van der Waals surface area contributed by atoms with Crippen LogP contribution in [0.25, 0.3) is 0 Å². The smallest absolute Gasteiger partial charge is 0.116 e. The molecule has 0 amide bonds. The normalized spacial score (nSPS) is 14.4. The van der Waals surface area contributed by atoms with Crippen molar-refractivity contribution < 1.29 is 10.2 Å². The van der Waals surface area contributed by atoms with Gasteiger partial charge < -0.3 is 15.9 Å². The van der Waals surface area contributed by atoms with E-state index in [2.05, 4.69) is 0 Å². The number of hydrogen-bond acceptors (Lipinski definition) is 4. The van der Waals surface area contributed by atoms with Gasteiger partial charge in [0.2, 0.25) is 0 Å². The lowest BCUT2D eigenvalue weighted by molar-refractivity contribution is 0.164. The van der Waals surface area contributed by atoms with Crippen LogP contribution in [0.1, 0.15) is 24.1 Å². The van der Waals surface area contributed by atoms with E-state index in [4.69, 9.17) is 16.1 Å². The number of phenols is 1. The molecule has 1 rings (SSSR count). The second-order valence-corrected chi connectivity index (χ2v) is 3.15. The van der Waals surface area contributed by atoms with E-state index in [0.29, 0.717) is 11.1 Å². The maximum Gasteiger partial charge on any atom is 0.116 e. The standard InChI is InChI=1S/C10H12N2O2/c1-6(13)10(12)9-3-2-8(14)4-7(9)5-11/h2-4,6,10,13-14H,12H2,1H3. The van der Waals surface area contributed by atoms with Gasteiger partial charge in [0.15, 0.2) is 0 Å². The molecular formula is C10H12N2O2. The molecule has 0 fully saturated rings. The van der Waals surface area contributed by atoms with E-state index >= 15 is 0 Å². The van der Waals surface area contributed by atoms with Gasteiger partial charge in [-0.25, -0.2) is 0 Å². The van der Waals surface area contributed by atoms with Crippen LogP contribution in [0.2, 0.25) is 0 Å². The predicted molar refractivity (Wildman–Crippen MR) is 51.4 cm³/mol. The molecule has 14 heavy (non-hydrogen) atoms. The van der Waals surface area contributed by atoms with Crippen LogP contribution in [0.5, 0.6) is 5.75 Å². The minimum absolute atomic E-state index is 0.0168. The fraction of sp³-hybridized carbons (Fsp3) is 0.300. The molecule has 1 aromatic rings. The summed E-state index contributed by atoms with van der Waals surface area (Å²) in [6.45, 7) is 1.55. The van der Waals surface area contributed by atoms with E-state index in [9.17, 15) is 5.11 Å². The second-order valence-electron chi connectivity index (χ2n) is 3.15. The number of rotatable bonds is 2. The van der Waals surface area contributed by atoms with Gasteiger partial charge in [0.1, 0.15) is 5.75 Å². The van der Waals surface area contributed by atoms with Crippen LogP contribution in [-0.2, 0) is 0 Å². The van der Waals surface area contributed by atoms with Crippen molar-refractivity contribution in [2.45, 2.75) is 19.1 Å². The molecule has 0 aliphatic rings. The summed E-state index contributed by atoms with van der Waals surface area (Å²) in [5.74, 6) is 0.0168. The lowest BCUT2D eigenvalue weighted by Crippen LogP contribution is -2.24. The summed E-state index contributed by atoms with van der Waals surface area (Å²) in [6, 6.07) is 5.64. The summed E-state index contributed by atoms with van der Waals surface area (Å²) >= 11 is 0. The van der Waals surface area contributed by atoms with Gasteiger partial charge in [-0.3, -0.25) is 0 Å². The van der Waals surface area contributed by atoms with Crippen LogP contribution in [0.3, 0.4) is 0 Å². The summed E-state index contributed by atoms with van der Waals surface area (Å²) in [7, 11) is 0. The first-order valence-electron chi connectivity index (χ1n) is 4.23. The molecule has 0 spiro atoms. The zero-order valence-corrected chi connectivity index (χ0v) is 7.81. The van der Waals surface area contributed by atoms with Gasteiger partial charge in [0, 0.05) is 0 Å². The topological polar surface area (TPSA) is 90.3 Å². The number of hydrogen-bond donors (Lipinski definition) is 3. The number of nitriles is 1. The molecule has 1 aromatic carbocycles. The number of nitrogens with zero attached hydrogens (tertiary/aromatic N) is 1. The van der Waals surface area contributed by atoms with Crippen LogP contribution < -0.4 is 5.73 Å².